The lowest BCUT2D eigenvalue weighted by Crippen LogP contribution is -2.19. The molecule has 0 unspecified atom stereocenters. The Morgan fingerprint density at radius 1 is 0.905 bits per heavy atom. The zero-order valence-electron chi connectivity index (χ0n) is 11.0. The van der Waals surface area contributed by atoms with Crippen LogP contribution >= 0.6 is 0 Å². The number of aromatic nitrogens is 2. The lowest BCUT2D eigenvalue weighted by Gasteiger charge is -2.17. The predicted molar refractivity (Wildman–Crippen MR) is 63.0 cm³/mol. The summed E-state index contributed by atoms with van der Waals surface area (Å²) >= 11 is 0. The van der Waals surface area contributed by atoms with E-state index < -0.39 is 23.6 Å². The van der Waals surface area contributed by atoms with Gasteiger partial charge in [0.25, 0.3) is 0 Å². The van der Waals surface area contributed by atoms with Gasteiger partial charge in [0.2, 0.25) is 0 Å². The number of pyridine rings is 1. The smallest absolute Gasteiger partial charge is 0.317 e. The lowest BCUT2D eigenvalue weighted by atomic mass is 10.1. The van der Waals surface area contributed by atoms with Crippen molar-refractivity contribution < 1.29 is 26.3 Å². The molecule has 2 heterocycles. The van der Waals surface area contributed by atoms with Crippen LogP contribution in [0.4, 0.5) is 26.3 Å². The SMILES string of the molecule is Cc1ccc(C)n1-c1cnc(C(F)(F)F)c(C(F)(F)F)c1. The van der Waals surface area contributed by atoms with Crippen molar-refractivity contribution in [2.75, 3.05) is 0 Å². The van der Waals surface area contributed by atoms with E-state index in [9.17, 15) is 26.3 Å². The van der Waals surface area contributed by atoms with Gasteiger partial charge < -0.3 is 4.57 Å². The molecule has 0 bridgehead atoms. The van der Waals surface area contributed by atoms with Crippen molar-refractivity contribution in [1.82, 2.24) is 9.55 Å². The van der Waals surface area contributed by atoms with Crippen molar-refractivity contribution in [3.8, 4) is 5.69 Å². The highest BCUT2D eigenvalue weighted by Crippen LogP contribution is 2.39. The summed E-state index contributed by atoms with van der Waals surface area (Å²) in [6.45, 7) is 3.27. The topological polar surface area (TPSA) is 17.8 Å². The maximum absolute atomic E-state index is 12.9. The second-order valence-electron chi connectivity index (χ2n) is 4.54. The van der Waals surface area contributed by atoms with E-state index in [0.717, 1.165) is 6.20 Å². The summed E-state index contributed by atoms with van der Waals surface area (Å²) in [5.74, 6) is 0. The van der Waals surface area contributed by atoms with Gasteiger partial charge in [-0.15, -0.1) is 0 Å². The Kier molecular flexibility index (Phi) is 3.51. The molecule has 21 heavy (non-hydrogen) atoms. The Labute approximate surface area is 116 Å². The van der Waals surface area contributed by atoms with Crippen LogP contribution in [0, 0.1) is 13.8 Å². The first-order chi connectivity index (χ1) is 9.51. The molecule has 0 radical (unpaired) electrons. The number of rotatable bonds is 1. The van der Waals surface area contributed by atoms with Gasteiger partial charge in [0.1, 0.15) is 0 Å². The molecule has 0 aliphatic heterocycles. The summed E-state index contributed by atoms with van der Waals surface area (Å²) in [6.07, 6.45) is -9.51. The first kappa shape index (κ1) is 15.4. The molecule has 0 saturated carbocycles. The van der Waals surface area contributed by atoms with E-state index in [1.165, 1.54) is 4.57 Å². The Hall–Kier alpha value is -1.99. The van der Waals surface area contributed by atoms with Crippen LogP contribution in [0.5, 0.6) is 0 Å². The molecule has 0 aromatic carbocycles. The molecule has 2 nitrogen and oxygen atoms in total. The summed E-state index contributed by atoms with van der Waals surface area (Å²) in [5, 5.41) is 0. The molecular formula is C13H10F6N2. The van der Waals surface area contributed by atoms with Gasteiger partial charge in [-0.25, -0.2) is 4.98 Å². The van der Waals surface area contributed by atoms with Crippen molar-refractivity contribution in [2.45, 2.75) is 26.2 Å². The zero-order valence-corrected chi connectivity index (χ0v) is 11.0. The fourth-order valence-corrected chi connectivity index (χ4v) is 2.09. The molecule has 0 saturated heterocycles. The quantitative estimate of drug-likeness (QED) is 0.708. The second-order valence-corrected chi connectivity index (χ2v) is 4.54. The van der Waals surface area contributed by atoms with Crippen LogP contribution in [0.25, 0.3) is 5.69 Å². The number of hydrogen-bond donors (Lipinski definition) is 0. The minimum atomic E-state index is -5.16. The maximum Gasteiger partial charge on any atom is 0.433 e. The number of hydrogen-bond acceptors (Lipinski definition) is 1. The molecule has 0 aliphatic rings. The van der Waals surface area contributed by atoms with Crippen molar-refractivity contribution in [2.24, 2.45) is 0 Å². The van der Waals surface area contributed by atoms with Gasteiger partial charge in [0, 0.05) is 11.4 Å². The van der Waals surface area contributed by atoms with Crippen molar-refractivity contribution in [3.63, 3.8) is 0 Å². The van der Waals surface area contributed by atoms with Crippen LogP contribution in [-0.4, -0.2) is 9.55 Å². The van der Waals surface area contributed by atoms with E-state index in [4.69, 9.17) is 0 Å². The largest absolute Gasteiger partial charge is 0.433 e. The standard InChI is InChI=1S/C13H10F6N2/c1-7-3-4-8(2)21(7)9-5-10(12(14,15)16)11(20-6-9)13(17,18)19/h3-6H,1-2H3. The number of alkyl halides is 6. The summed E-state index contributed by atoms with van der Waals surface area (Å²) in [5.41, 5.74) is -2.58. The minimum absolute atomic E-state index is 0.0599. The summed E-state index contributed by atoms with van der Waals surface area (Å²) in [7, 11) is 0. The Morgan fingerprint density at radius 3 is 1.86 bits per heavy atom. The molecule has 0 atom stereocenters. The number of aryl methyl sites for hydroxylation is 2. The zero-order chi connectivity index (χ0) is 16.0. The molecule has 2 aromatic rings. The molecular weight excluding hydrogens is 298 g/mol. The normalized spacial score (nSPS) is 12.8. The molecule has 8 heteroatoms. The maximum atomic E-state index is 12.9. The van der Waals surface area contributed by atoms with Gasteiger partial charge >= 0.3 is 12.4 Å². The van der Waals surface area contributed by atoms with E-state index >= 15 is 0 Å². The van der Waals surface area contributed by atoms with E-state index in [-0.39, 0.29) is 5.69 Å². The number of nitrogens with zero attached hydrogens (tertiary/aromatic N) is 2. The first-order valence-electron chi connectivity index (χ1n) is 5.81. The van der Waals surface area contributed by atoms with Gasteiger partial charge in [-0.1, -0.05) is 0 Å². The van der Waals surface area contributed by atoms with Crippen LogP contribution in [0.15, 0.2) is 24.4 Å². The van der Waals surface area contributed by atoms with Crippen LogP contribution in [0.2, 0.25) is 0 Å². The second kappa shape index (κ2) is 4.78. The van der Waals surface area contributed by atoms with E-state index in [1.807, 2.05) is 0 Å². The van der Waals surface area contributed by atoms with Crippen LogP contribution in [0.1, 0.15) is 22.6 Å². The average molecular weight is 308 g/mol. The van der Waals surface area contributed by atoms with E-state index in [1.54, 1.807) is 26.0 Å². The molecule has 0 amide bonds. The van der Waals surface area contributed by atoms with E-state index in [2.05, 4.69) is 4.98 Å². The number of halogens is 6. The third-order valence-corrected chi connectivity index (χ3v) is 2.98. The van der Waals surface area contributed by atoms with Crippen LogP contribution < -0.4 is 0 Å². The predicted octanol–water partition coefficient (Wildman–Crippen LogP) is 4.53. The summed E-state index contributed by atoms with van der Waals surface area (Å²) in [4.78, 5) is 2.99. The third kappa shape index (κ3) is 2.88. The van der Waals surface area contributed by atoms with Crippen molar-refractivity contribution in [1.29, 1.82) is 0 Å². The van der Waals surface area contributed by atoms with Crippen LogP contribution in [0.3, 0.4) is 0 Å². The van der Waals surface area contributed by atoms with Crippen LogP contribution in [-0.2, 0) is 12.4 Å². The van der Waals surface area contributed by atoms with Gasteiger partial charge in [-0.3, -0.25) is 0 Å². The van der Waals surface area contributed by atoms with Gasteiger partial charge in [-0.2, -0.15) is 26.3 Å². The monoisotopic (exact) mass is 308 g/mol. The Morgan fingerprint density at radius 2 is 1.43 bits per heavy atom. The fraction of sp³-hybridized carbons (Fsp3) is 0.308. The summed E-state index contributed by atoms with van der Waals surface area (Å²) in [6, 6.07) is 3.77. The molecule has 0 aliphatic carbocycles. The van der Waals surface area contributed by atoms with E-state index in [0.29, 0.717) is 17.5 Å². The first-order valence-corrected chi connectivity index (χ1v) is 5.81. The highest BCUT2D eigenvalue weighted by molar-refractivity contribution is 5.41. The molecule has 2 rings (SSSR count). The average Bonchev–Trinajstić information content (AvgIpc) is 2.66. The summed E-state index contributed by atoms with van der Waals surface area (Å²) < 4.78 is 77.9. The highest BCUT2D eigenvalue weighted by Gasteiger charge is 2.44. The molecule has 2 aromatic heterocycles. The Bertz CT molecular complexity index is 647. The molecule has 0 spiro atoms. The minimum Gasteiger partial charge on any atom is -0.317 e. The molecule has 114 valence electrons. The Balaban J connectivity index is 2.69. The van der Waals surface area contributed by atoms with Crippen molar-refractivity contribution >= 4 is 0 Å². The lowest BCUT2D eigenvalue weighted by molar-refractivity contribution is -0.164. The fourth-order valence-electron chi connectivity index (χ4n) is 2.09. The molecule has 0 fully saturated rings. The molecule has 0 N–H and O–H groups in total. The van der Waals surface area contributed by atoms with Gasteiger partial charge in [-0.05, 0) is 32.0 Å². The third-order valence-electron chi connectivity index (χ3n) is 2.98. The van der Waals surface area contributed by atoms with Gasteiger partial charge in [0.15, 0.2) is 5.69 Å². The van der Waals surface area contributed by atoms with Crippen molar-refractivity contribution in [3.05, 3.63) is 47.0 Å². The highest BCUT2D eigenvalue weighted by atomic mass is 19.4. The van der Waals surface area contributed by atoms with Gasteiger partial charge in [0.05, 0.1) is 17.4 Å².